The summed E-state index contributed by atoms with van der Waals surface area (Å²) in [7, 11) is -4.72. The van der Waals surface area contributed by atoms with Crippen molar-refractivity contribution in [1.82, 2.24) is 0 Å². The van der Waals surface area contributed by atoms with E-state index in [0.717, 1.165) is 12.1 Å². The summed E-state index contributed by atoms with van der Waals surface area (Å²) < 4.78 is 48.0. The molecule has 1 aromatic carbocycles. The standard InChI is InChI=1S/C12H17F2N3O3S.ClH/c1-2-16-9-4-3-8(21(19,20)12(13)14)7-10(9)17-11(18)5-6-15;/h3-4,7,12,16H,2,5-6,15H2,1H3,(H,17,18);1H. The van der Waals surface area contributed by atoms with E-state index in [1.807, 2.05) is 0 Å². The highest BCUT2D eigenvalue weighted by Crippen LogP contribution is 2.28. The first-order valence-electron chi connectivity index (χ1n) is 6.22. The first-order valence-corrected chi connectivity index (χ1v) is 7.77. The molecule has 0 atom stereocenters. The van der Waals surface area contributed by atoms with E-state index >= 15 is 0 Å². The zero-order valence-corrected chi connectivity index (χ0v) is 13.4. The van der Waals surface area contributed by atoms with Gasteiger partial charge in [-0.15, -0.1) is 12.4 Å². The summed E-state index contributed by atoms with van der Waals surface area (Å²) in [5.41, 5.74) is 5.81. The zero-order chi connectivity index (χ0) is 16.0. The van der Waals surface area contributed by atoms with Crippen LogP contribution in [0.2, 0.25) is 0 Å². The lowest BCUT2D eigenvalue weighted by Gasteiger charge is -2.14. The van der Waals surface area contributed by atoms with Crippen LogP contribution in [0.15, 0.2) is 23.1 Å². The molecule has 0 spiro atoms. The lowest BCUT2D eigenvalue weighted by Crippen LogP contribution is -2.18. The van der Waals surface area contributed by atoms with E-state index in [2.05, 4.69) is 10.6 Å². The Hall–Kier alpha value is -1.45. The highest BCUT2D eigenvalue weighted by Gasteiger charge is 2.27. The van der Waals surface area contributed by atoms with Crippen LogP contribution in [0.5, 0.6) is 0 Å². The predicted octanol–water partition coefficient (Wildman–Crippen LogP) is 1.82. The van der Waals surface area contributed by atoms with Gasteiger partial charge in [-0.2, -0.15) is 8.78 Å². The quantitative estimate of drug-likeness (QED) is 0.691. The van der Waals surface area contributed by atoms with Crippen LogP contribution in [0.3, 0.4) is 0 Å². The van der Waals surface area contributed by atoms with Crippen molar-refractivity contribution in [3.8, 4) is 0 Å². The molecule has 0 saturated carbocycles. The minimum Gasteiger partial charge on any atom is -0.384 e. The van der Waals surface area contributed by atoms with Gasteiger partial charge in [0.2, 0.25) is 15.7 Å². The zero-order valence-electron chi connectivity index (χ0n) is 11.8. The third-order valence-corrected chi connectivity index (χ3v) is 3.95. The molecule has 4 N–H and O–H groups in total. The van der Waals surface area contributed by atoms with Gasteiger partial charge in [0.05, 0.1) is 16.3 Å². The first-order chi connectivity index (χ1) is 9.82. The van der Waals surface area contributed by atoms with E-state index in [9.17, 15) is 22.0 Å². The molecule has 1 aromatic rings. The maximum Gasteiger partial charge on any atom is 0.341 e. The minimum absolute atomic E-state index is 0. The molecule has 1 amide bonds. The third-order valence-electron chi connectivity index (χ3n) is 2.57. The molecule has 10 heteroatoms. The lowest BCUT2D eigenvalue weighted by molar-refractivity contribution is -0.116. The molecule has 6 nitrogen and oxygen atoms in total. The number of nitrogens with one attached hydrogen (secondary N) is 2. The van der Waals surface area contributed by atoms with Crippen molar-refractivity contribution in [3.05, 3.63) is 18.2 Å². The summed E-state index contributed by atoms with van der Waals surface area (Å²) in [4.78, 5) is 11.0. The normalized spacial score (nSPS) is 11.0. The summed E-state index contributed by atoms with van der Waals surface area (Å²) in [5, 5.41) is 5.36. The maximum atomic E-state index is 12.6. The number of hydrogen-bond donors (Lipinski definition) is 3. The third kappa shape index (κ3) is 5.08. The number of anilines is 2. The van der Waals surface area contributed by atoms with Crippen molar-refractivity contribution < 1.29 is 22.0 Å². The van der Waals surface area contributed by atoms with Gasteiger partial charge in [-0.25, -0.2) is 8.42 Å². The van der Waals surface area contributed by atoms with Crippen LogP contribution in [0.25, 0.3) is 0 Å². The molecular weight excluding hydrogens is 340 g/mol. The van der Waals surface area contributed by atoms with Crippen LogP contribution >= 0.6 is 12.4 Å². The van der Waals surface area contributed by atoms with Crippen molar-refractivity contribution in [2.45, 2.75) is 24.0 Å². The Balaban J connectivity index is 0.00000441. The second-order valence-electron chi connectivity index (χ2n) is 4.13. The van der Waals surface area contributed by atoms with Gasteiger partial charge in [0, 0.05) is 19.5 Å². The molecule has 0 heterocycles. The van der Waals surface area contributed by atoms with Crippen molar-refractivity contribution in [1.29, 1.82) is 0 Å². The van der Waals surface area contributed by atoms with Gasteiger partial charge in [0.1, 0.15) is 0 Å². The molecule has 0 aliphatic carbocycles. The van der Waals surface area contributed by atoms with Gasteiger partial charge in [-0.05, 0) is 25.1 Å². The Kier molecular flexibility index (Phi) is 8.28. The molecule has 0 aromatic heterocycles. The van der Waals surface area contributed by atoms with Crippen LogP contribution in [0, 0.1) is 0 Å². The molecule has 0 radical (unpaired) electrons. The molecule has 0 fully saturated rings. The van der Waals surface area contributed by atoms with Crippen LogP contribution in [0.4, 0.5) is 20.2 Å². The van der Waals surface area contributed by atoms with Gasteiger partial charge in [-0.3, -0.25) is 4.79 Å². The summed E-state index contributed by atoms with van der Waals surface area (Å²) in [6.07, 6.45) is 0.0391. The number of hydrogen-bond acceptors (Lipinski definition) is 5. The van der Waals surface area contributed by atoms with Crippen LogP contribution in [-0.4, -0.2) is 33.2 Å². The van der Waals surface area contributed by atoms with E-state index in [-0.39, 0.29) is 31.1 Å². The summed E-state index contributed by atoms with van der Waals surface area (Å²) >= 11 is 0. The molecule has 22 heavy (non-hydrogen) atoms. The van der Waals surface area contributed by atoms with Crippen LogP contribution in [0.1, 0.15) is 13.3 Å². The number of halogens is 3. The lowest BCUT2D eigenvalue weighted by atomic mass is 10.2. The van der Waals surface area contributed by atoms with Crippen LogP contribution < -0.4 is 16.4 Å². The molecule has 0 saturated heterocycles. The Labute approximate surface area is 133 Å². The van der Waals surface area contributed by atoms with Crippen LogP contribution in [-0.2, 0) is 14.6 Å². The summed E-state index contributed by atoms with van der Waals surface area (Å²) in [5.74, 6) is -3.95. The monoisotopic (exact) mass is 357 g/mol. The number of alkyl halides is 2. The van der Waals surface area contributed by atoms with Crippen molar-refractivity contribution >= 4 is 39.5 Å². The minimum atomic E-state index is -4.72. The van der Waals surface area contributed by atoms with E-state index in [4.69, 9.17) is 5.73 Å². The average Bonchev–Trinajstić information content (AvgIpc) is 2.40. The highest BCUT2D eigenvalue weighted by atomic mass is 35.5. The van der Waals surface area contributed by atoms with E-state index in [1.54, 1.807) is 6.92 Å². The SMILES string of the molecule is CCNc1ccc(S(=O)(=O)C(F)F)cc1NC(=O)CCN.Cl. The Morgan fingerprint density at radius 3 is 2.45 bits per heavy atom. The van der Waals surface area contributed by atoms with Crippen molar-refractivity contribution in [3.63, 3.8) is 0 Å². The molecule has 0 bridgehead atoms. The fraction of sp³-hybridized carbons (Fsp3) is 0.417. The molecular formula is C12H18ClF2N3O3S. The molecule has 0 unspecified atom stereocenters. The van der Waals surface area contributed by atoms with Crippen molar-refractivity contribution in [2.24, 2.45) is 5.73 Å². The predicted molar refractivity (Wildman–Crippen MR) is 83.3 cm³/mol. The number of nitrogens with two attached hydrogens (primary N) is 1. The van der Waals surface area contributed by atoms with E-state index in [0.29, 0.717) is 12.2 Å². The van der Waals surface area contributed by atoms with Crippen molar-refractivity contribution in [2.75, 3.05) is 23.7 Å². The Bertz CT molecular complexity index is 612. The van der Waals surface area contributed by atoms with Gasteiger partial charge < -0.3 is 16.4 Å². The second-order valence-corrected chi connectivity index (χ2v) is 6.05. The van der Waals surface area contributed by atoms with Gasteiger partial charge in [0.15, 0.2) is 0 Å². The van der Waals surface area contributed by atoms with E-state index < -0.39 is 26.4 Å². The first kappa shape index (κ1) is 20.6. The van der Waals surface area contributed by atoms with Gasteiger partial charge >= 0.3 is 5.76 Å². The fourth-order valence-corrected chi connectivity index (χ4v) is 2.34. The molecule has 1 rings (SSSR count). The number of amides is 1. The Morgan fingerprint density at radius 1 is 1.32 bits per heavy atom. The number of sulfone groups is 1. The summed E-state index contributed by atoms with van der Waals surface area (Å²) in [6.45, 7) is 2.44. The summed E-state index contributed by atoms with van der Waals surface area (Å²) in [6, 6.07) is 3.41. The second kappa shape index (κ2) is 8.86. The number of carbonyl (C=O) groups is 1. The average molecular weight is 358 g/mol. The largest absolute Gasteiger partial charge is 0.384 e. The fourth-order valence-electron chi connectivity index (χ4n) is 1.60. The maximum absolute atomic E-state index is 12.6. The number of carbonyl (C=O) groups excluding carboxylic acids is 1. The Morgan fingerprint density at radius 2 is 1.95 bits per heavy atom. The number of rotatable bonds is 7. The smallest absolute Gasteiger partial charge is 0.341 e. The van der Waals surface area contributed by atoms with Gasteiger partial charge in [0.25, 0.3) is 0 Å². The molecule has 0 aliphatic rings. The topological polar surface area (TPSA) is 101 Å². The molecule has 0 aliphatic heterocycles. The molecule has 126 valence electrons. The highest BCUT2D eigenvalue weighted by molar-refractivity contribution is 7.91. The van der Waals surface area contributed by atoms with Gasteiger partial charge in [-0.1, -0.05) is 0 Å². The van der Waals surface area contributed by atoms with E-state index in [1.165, 1.54) is 6.07 Å². The number of benzene rings is 1.